The molecule has 0 radical (unpaired) electrons. The highest BCUT2D eigenvalue weighted by molar-refractivity contribution is 5.48. The molecule has 94 valence electrons. The Morgan fingerprint density at radius 3 is 2.71 bits per heavy atom. The van der Waals surface area contributed by atoms with E-state index in [2.05, 4.69) is 4.90 Å². The van der Waals surface area contributed by atoms with Crippen molar-refractivity contribution in [1.82, 2.24) is 0 Å². The van der Waals surface area contributed by atoms with E-state index in [9.17, 15) is 5.11 Å². The largest absolute Gasteiger partial charge is 0.394 e. The molecule has 0 spiro atoms. The van der Waals surface area contributed by atoms with E-state index in [4.69, 9.17) is 9.84 Å². The number of nitrogens with zero attached hydrogens (tertiary/aromatic N) is 1. The van der Waals surface area contributed by atoms with Crippen molar-refractivity contribution in [3.8, 4) is 0 Å². The van der Waals surface area contributed by atoms with Gasteiger partial charge in [0.2, 0.25) is 0 Å². The van der Waals surface area contributed by atoms with Gasteiger partial charge in [0.05, 0.1) is 25.4 Å². The third kappa shape index (κ3) is 2.97. The highest BCUT2D eigenvalue weighted by atomic mass is 16.5. The summed E-state index contributed by atoms with van der Waals surface area (Å²) in [5, 5.41) is 18.5. The zero-order valence-electron chi connectivity index (χ0n) is 10.0. The Morgan fingerprint density at radius 1 is 1.41 bits per heavy atom. The summed E-state index contributed by atoms with van der Waals surface area (Å²) < 4.78 is 5.41. The van der Waals surface area contributed by atoms with Gasteiger partial charge in [-0.3, -0.25) is 0 Å². The van der Waals surface area contributed by atoms with Crippen molar-refractivity contribution in [3.63, 3.8) is 0 Å². The first kappa shape index (κ1) is 12.4. The summed E-state index contributed by atoms with van der Waals surface area (Å²) in [5.41, 5.74) is 2.02. The van der Waals surface area contributed by atoms with Gasteiger partial charge in [-0.1, -0.05) is 12.1 Å². The van der Waals surface area contributed by atoms with Crippen LogP contribution in [0.2, 0.25) is 0 Å². The summed E-state index contributed by atoms with van der Waals surface area (Å²) in [7, 11) is 0. The molecule has 1 heterocycles. The fraction of sp³-hybridized carbons (Fsp3) is 0.538. The molecule has 1 unspecified atom stereocenters. The van der Waals surface area contributed by atoms with Crippen LogP contribution >= 0.6 is 0 Å². The summed E-state index contributed by atoms with van der Waals surface area (Å²) in [6, 6.07) is 7.87. The average Bonchev–Trinajstić information content (AvgIpc) is 2.39. The van der Waals surface area contributed by atoms with Gasteiger partial charge in [-0.2, -0.15) is 0 Å². The molecular weight excluding hydrogens is 218 g/mol. The first-order chi connectivity index (χ1) is 8.20. The predicted molar refractivity (Wildman–Crippen MR) is 66.1 cm³/mol. The fourth-order valence-electron chi connectivity index (χ4n) is 2.03. The number of aliphatic hydroxyl groups is 2. The average molecular weight is 237 g/mol. The minimum absolute atomic E-state index is 0.0578. The standard InChI is InChI=1S/C13H19NO3/c1-10(16)11-2-4-12(5-3-11)14-6-7-17-13(8-14)9-15/h2-5,10,13,15-16H,6-9H2,1H3/t10-,13?/m0/s1. The van der Waals surface area contributed by atoms with E-state index in [0.717, 1.165) is 17.8 Å². The van der Waals surface area contributed by atoms with Crippen LogP contribution in [0.15, 0.2) is 24.3 Å². The van der Waals surface area contributed by atoms with Crippen molar-refractivity contribution in [2.45, 2.75) is 19.1 Å². The van der Waals surface area contributed by atoms with Crippen LogP contribution < -0.4 is 4.90 Å². The predicted octanol–water partition coefficient (Wildman–Crippen LogP) is 0.937. The minimum Gasteiger partial charge on any atom is -0.394 e. The second kappa shape index (κ2) is 5.49. The van der Waals surface area contributed by atoms with E-state index in [-0.39, 0.29) is 12.7 Å². The Labute approximate surface area is 101 Å². The van der Waals surface area contributed by atoms with Crippen LogP contribution in [0.25, 0.3) is 0 Å². The Morgan fingerprint density at radius 2 is 2.12 bits per heavy atom. The number of benzene rings is 1. The van der Waals surface area contributed by atoms with Gasteiger partial charge in [-0.05, 0) is 24.6 Å². The topological polar surface area (TPSA) is 52.9 Å². The van der Waals surface area contributed by atoms with Gasteiger partial charge in [0.15, 0.2) is 0 Å². The molecule has 0 saturated carbocycles. The minimum atomic E-state index is -0.432. The van der Waals surface area contributed by atoms with Crippen molar-refractivity contribution in [3.05, 3.63) is 29.8 Å². The highest BCUT2D eigenvalue weighted by Gasteiger charge is 2.19. The summed E-state index contributed by atoms with van der Waals surface area (Å²) in [6.07, 6.45) is -0.529. The van der Waals surface area contributed by atoms with Gasteiger partial charge in [0.1, 0.15) is 0 Å². The SMILES string of the molecule is C[C@H](O)c1ccc(N2CCOC(CO)C2)cc1. The lowest BCUT2D eigenvalue weighted by Gasteiger charge is -2.33. The second-order valence-electron chi connectivity index (χ2n) is 4.39. The molecule has 1 aromatic carbocycles. The van der Waals surface area contributed by atoms with Crippen LogP contribution in [-0.2, 0) is 4.74 Å². The molecule has 4 heteroatoms. The van der Waals surface area contributed by atoms with Crippen molar-refractivity contribution < 1.29 is 14.9 Å². The molecule has 2 N–H and O–H groups in total. The van der Waals surface area contributed by atoms with E-state index < -0.39 is 6.10 Å². The molecule has 1 aliphatic rings. The number of hydrogen-bond acceptors (Lipinski definition) is 4. The number of hydrogen-bond donors (Lipinski definition) is 2. The maximum absolute atomic E-state index is 9.44. The molecule has 0 aromatic heterocycles. The van der Waals surface area contributed by atoms with E-state index in [1.54, 1.807) is 6.92 Å². The van der Waals surface area contributed by atoms with Crippen LogP contribution in [0.3, 0.4) is 0 Å². The molecule has 4 nitrogen and oxygen atoms in total. The monoisotopic (exact) mass is 237 g/mol. The van der Waals surface area contributed by atoms with Crippen LogP contribution in [-0.4, -0.2) is 42.6 Å². The summed E-state index contributed by atoms with van der Waals surface area (Å²) in [6.45, 7) is 4.01. The molecule has 2 rings (SSSR count). The summed E-state index contributed by atoms with van der Waals surface area (Å²) >= 11 is 0. The number of anilines is 1. The third-order valence-electron chi connectivity index (χ3n) is 3.08. The van der Waals surface area contributed by atoms with E-state index in [1.165, 1.54) is 0 Å². The van der Waals surface area contributed by atoms with Gasteiger partial charge < -0.3 is 19.8 Å². The van der Waals surface area contributed by atoms with Crippen LogP contribution in [0.4, 0.5) is 5.69 Å². The quantitative estimate of drug-likeness (QED) is 0.821. The zero-order chi connectivity index (χ0) is 12.3. The van der Waals surface area contributed by atoms with Gasteiger partial charge >= 0.3 is 0 Å². The van der Waals surface area contributed by atoms with Crippen LogP contribution in [0, 0.1) is 0 Å². The lowest BCUT2D eigenvalue weighted by atomic mass is 10.1. The fourth-order valence-corrected chi connectivity index (χ4v) is 2.03. The van der Waals surface area contributed by atoms with Crippen LogP contribution in [0.5, 0.6) is 0 Å². The molecule has 17 heavy (non-hydrogen) atoms. The number of morpholine rings is 1. The normalized spacial score (nSPS) is 22.5. The van der Waals surface area contributed by atoms with Crippen molar-refractivity contribution in [2.24, 2.45) is 0 Å². The molecule has 0 amide bonds. The van der Waals surface area contributed by atoms with E-state index >= 15 is 0 Å². The van der Waals surface area contributed by atoms with Gasteiger partial charge in [0.25, 0.3) is 0 Å². The first-order valence-corrected chi connectivity index (χ1v) is 5.96. The number of aliphatic hydroxyl groups excluding tert-OH is 2. The maximum Gasteiger partial charge on any atom is 0.0980 e. The number of ether oxygens (including phenoxy) is 1. The van der Waals surface area contributed by atoms with Gasteiger partial charge in [-0.15, -0.1) is 0 Å². The highest BCUT2D eigenvalue weighted by Crippen LogP contribution is 2.21. The van der Waals surface area contributed by atoms with Gasteiger partial charge in [-0.25, -0.2) is 0 Å². The van der Waals surface area contributed by atoms with Crippen molar-refractivity contribution in [1.29, 1.82) is 0 Å². The Hall–Kier alpha value is -1.10. The number of rotatable bonds is 3. The molecule has 1 saturated heterocycles. The summed E-state index contributed by atoms with van der Waals surface area (Å²) in [4.78, 5) is 2.19. The third-order valence-corrected chi connectivity index (χ3v) is 3.08. The van der Waals surface area contributed by atoms with E-state index in [0.29, 0.717) is 13.2 Å². The van der Waals surface area contributed by atoms with Crippen molar-refractivity contribution in [2.75, 3.05) is 31.2 Å². The van der Waals surface area contributed by atoms with Gasteiger partial charge in [0, 0.05) is 18.8 Å². The molecular formula is C13H19NO3. The Balaban J connectivity index is 2.06. The summed E-state index contributed by atoms with van der Waals surface area (Å²) in [5.74, 6) is 0. The molecule has 1 aliphatic heterocycles. The molecule has 0 bridgehead atoms. The Kier molecular flexibility index (Phi) is 3.99. The molecule has 0 aliphatic carbocycles. The molecule has 1 aromatic rings. The maximum atomic E-state index is 9.44. The first-order valence-electron chi connectivity index (χ1n) is 5.96. The second-order valence-corrected chi connectivity index (χ2v) is 4.39. The smallest absolute Gasteiger partial charge is 0.0980 e. The molecule has 2 atom stereocenters. The zero-order valence-corrected chi connectivity index (χ0v) is 10.0. The molecule has 1 fully saturated rings. The van der Waals surface area contributed by atoms with Crippen molar-refractivity contribution >= 4 is 5.69 Å². The Bertz CT molecular complexity index is 350. The van der Waals surface area contributed by atoms with E-state index in [1.807, 2.05) is 24.3 Å². The van der Waals surface area contributed by atoms with Crippen LogP contribution in [0.1, 0.15) is 18.6 Å². The lowest BCUT2D eigenvalue weighted by Crippen LogP contribution is -2.44. The lowest BCUT2D eigenvalue weighted by molar-refractivity contribution is 0.00356.